The number of thiophene rings is 1. The molecule has 3 rings (SSSR count). The highest BCUT2D eigenvalue weighted by Gasteiger charge is 2.14. The zero-order valence-corrected chi connectivity index (χ0v) is 15.1. The van der Waals surface area contributed by atoms with Gasteiger partial charge in [-0.1, -0.05) is 6.07 Å². The second-order valence-electron chi connectivity index (χ2n) is 5.68. The van der Waals surface area contributed by atoms with E-state index in [0.29, 0.717) is 0 Å². The van der Waals surface area contributed by atoms with E-state index >= 15 is 0 Å². The first-order chi connectivity index (χ1) is 10.6. The molecule has 3 nitrogen and oxygen atoms in total. The van der Waals surface area contributed by atoms with Crippen LogP contribution in [-0.2, 0) is 13.0 Å². The van der Waals surface area contributed by atoms with Gasteiger partial charge in [0.2, 0.25) is 0 Å². The Morgan fingerprint density at radius 2 is 2.05 bits per heavy atom. The maximum absolute atomic E-state index is 4.74. The second kappa shape index (κ2) is 6.26. The summed E-state index contributed by atoms with van der Waals surface area (Å²) in [7, 11) is 4.07. The molecule has 0 aliphatic carbocycles. The predicted octanol–water partition coefficient (Wildman–Crippen LogP) is 4.60. The Kier molecular flexibility index (Phi) is 4.36. The predicted molar refractivity (Wildman–Crippen MR) is 97.4 cm³/mol. The van der Waals surface area contributed by atoms with Crippen molar-refractivity contribution >= 4 is 27.8 Å². The smallest absolute Gasteiger partial charge is 0.185 e. The average Bonchev–Trinajstić information content (AvgIpc) is 3.19. The number of hydrogen-bond donors (Lipinski definition) is 0. The van der Waals surface area contributed by atoms with E-state index in [1.807, 2.05) is 25.4 Å². The SMILES string of the molecule is Cc1cc(-c2csc(N(C)C)n2)c(C)n1CCc1cccs1. The Morgan fingerprint density at radius 1 is 1.23 bits per heavy atom. The molecule has 0 aliphatic rings. The number of aryl methyl sites for hydroxylation is 2. The molecule has 0 radical (unpaired) electrons. The summed E-state index contributed by atoms with van der Waals surface area (Å²) in [4.78, 5) is 8.24. The van der Waals surface area contributed by atoms with Crippen molar-refractivity contribution in [2.75, 3.05) is 19.0 Å². The number of anilines is 1. The normalized spacial score (nSPS) is 11.1. The fourth-order valence-electron chi connectivity index (χ4n) is 2.67. The number of nitrogens with zero attached hydrogens (tertiary/aromatic N) is 3. The highest BCUT2D eigenvalue weighted by Crippen LogP contribution is 2.31. The van der Waals surface area contributed by atoms with E-state index in [0.717, 1.165) is 23.8 Å². The lowest BCUT2D eigenvalue weighted by Crippen LogP contribution is -2.07. The molecule has 3 aromatic heterocycles. The Balaban J connectivity index is 1.85. The maximum Gasteiger partial charge on any atom is 0.185 e. The lowest BCUT2D eigenvalue weighted by Gasteiger charge is -2.09. The summed E-state index contributed by atoms with van der Waals surface area (Å²) >= 11 is 3.53. The molecule has 0 saturated heterocycles. The summed E-state index contributed by atoms with van der Waals surface area (Å²) in [5.74, 6) is 0. The van der Waals surface area contributed by atoms with Crippen LogP contribution in [0.25, 0.3) is 11.3 Å². The number of rotatable bonds is 5. The average molecular weight is 332 g/mol. The summed E-state index contributed by atoms with van der Waals surface area (Å²) in [6.45, 7) is 5.42. The van der Waals surface area contributed by atoms with Gasteiger partial charge < -0.3 is 9.47 Å². The first-order valence-corrected chi connectivity index (χ1v) is 9.14. The van der Waals surface area contributed by atoms with Crippen LogP contribution in [0.3, 0.4) is 0 Å². The van der Waals surface area contributed by atoms with Gasteiger partial charge >= 0.3 is 0 Å². The Hall–Kier alpha value is -1.59. The van der Waals surface area contributed by atoms with Crippen LogP contribution in [0.15, 0.2) is 29.0 Å². The van der Waals surface area contributed by atoms with Crippen molar-refractivity contribution in [1.82, 2.24) is 9.55 Å². The highest BCUT2D eigenvalue weighted by molar-refractivity contribution is 7.14. The number of thiazole rings is 1. The molecule has 0 unspecified atom stereocenters. The van der Waals surface area contributed by atoms with Crippen LogP contribution in [0, 0.1) is 13.8 Å². The molecule has 0 aliphatic heterocycles. The number of aromatic nitrogens is 2. The Bertz CT molecular complexity index is 751. The summed E-state index contributed by atoms with van der Waals surface area (Å²) in [5, 5.41) is 5.35. The van der Waals surface area contributed by atoms with Gasteiger partial charge in [-0.3, -0.25) is 0 Å². The van der Waals surface area contributed by atoms with Crippen molar-refractivity contribution in [3.8, 4) is 11.3 Å². The third-order valence-electron chi connectivity index (χ3n) is 3.89. The largest absolute Gasteiger partial charge is 0.354 e. The van der Waals surface area contributed by atoms with Gasteiger partial charge in [-0.2, -0.15) is 0 Å². The topological polar surface area (TPSA) is 21.1 Å². The van der Waals surface area contributed by atoms with E-state index in [4.69, 9.17) is 4.98 Å². The van der Waals surface area contributed by atoms with Gasteiger partial charge in [-0.25, -0.2) is 4.98 Å². The van der Waals surface area contributed by atoms with Crippen molar-refractivity contribution in [2.45, 2.75) is 26.8 Å². The minimum Gasteiger partial charge on any atom is -0.354 e. The molecule has 0 aromatic carbocycles. The first kappa shape index (κ1) is 15.3. The third-order valence-corrected chi connectivity index (χ3v) is 5.83. The fraction of sp³-hybridized carbons (Fsp3) is 0.353. The molecular weight excluding hydrogens is 310 g/mol. The molecule has 0 bridgehead atoms. The summed E-state index contributed by atoms with van der Waals surface area (Å²) in [6, 6.07) is 6.60. The molecule has 0 saturated carbocycles. The lowest BCUT2D eigenvalue weighted by molar-refractivity contribution is 0.669. The minimum absolute atomic E-state index is 1.03. The standard InChI is InChI=1S/C17H21N3S2/c1-12-10-15(16-11-22-17(18-16)19(3)4)13(2)20(12)8-7-14-6-5-9-21-14/h5-6,9-11H,7-8H2,1-4H3. The molecule has 0 amide bonds. The van der Waals surface area contributed by atoms with Crippen LogP contribution >= 0.6 is 22.7 Å². The van der Waals surface area contributed by atoms with E-state index in [1.165, 1.54) is 21.8 Å². The van der Waals surface area contributed by atoms with E-state index in [-0.39, 0.29) is 0 Å². The Labute approximate surface area is 139 Å². The summed E-state index contributed by atoms with van der Waals surface area (Å²) in [5.41, 5.74) is 4.96. The van der Waals surface area contributed by atoms with Crippen LogP contribution in [0.5, 0.6) is 0 Å². The highest BCUT2D eigenvalue weighted by atomic mass is 32.1. The first-order valence-electron chi connectivity index (χ1n) is 7.38. The van der Waals surface area contributed by atoms with Gasteiger partial charge in [0.15, 0.2) is 5.13 Å². The quantitative estimate of drug-likeness (QED) is 0.681. The second-order valence-corrected chi connectivity index (χ2v) is 7.54. The van der Waals surface area contributed by atoms with Gasteiger partial charge in [0.25, 0.3) is 0 Å². The molecule has 0 spiro atoms. The Morgan fingerprint density at radius 3 is 2.68 bits per heavy atom. The van der Waals surface area contributed by atoms with Crippen LogP contribution in [0.1, 0.15) is 16.3 Å². The van der Waals surface area contributed by atoms with Crippen molar-refractivity contribution < 1.29 is 0 Å². The molecule has 0 fully saturated rings. The van der Waals surface area contributed by atoms with Crippen LogP contribution in [0.2, 0.25) is 0 Å². The molecular formula is C17H21N3S2. The van der Waals surface area contributed by atoms with Crippen molar-refractivity contribution in [2.24, 2.45) is 0 Å². The van der Waals surface area contributed by atoms with Crippen molar-refractivity contribution in [3.63, 3.8) is 0 Å². The molecule has 5 heteroatoms. The van der Waals surface area contributed by atoms with Gasteiger partial charge in [0.05, 0.1) is 5.69 Å². The molecule has 3 aromatic rings. The van der Waals surface area contributed by atoms with Gasteiger partial charge in [0.1, 0.15) is 0 Å². The zero-order chi connectivity index (χ0) is 15.7. The molecule has 116 valence electrons. The third kappa shape index (κ3) is 2.96. The summed E-state index contributed by atoms with van der Waals surface area (Å²) in [6.07, 6.45) is 1.09. The van der Waals surface area contributed by atoms with Crippen LogP contribution in [-0.4, -0.2) is 23.6 Å². The minimum atomic E-state index is 1.03. The monoisotopic (exact) mass is 331 g/mol. The van der Waals surface area contributed by atoms with Crippen LogP contribution in [0.4, 0.5) is 5.13 Å². The molecule has 0 atom stereocenters. The number of hydrogen-bond acceptors (Lipinski definition) is 4. The fourth-order valence-corrected chi connectivity index (χ4v) is 4.13. The lowest BCUT2D eigenvalue weighted by atomic mass is 10.2. The van der Waals surface area contributed by atoms with Gasteiger partial charge in [0, 0.05) is 47.8 Å². The molecule has 0 N–H and O–H groups in total. The molecule has 22 heavy (non-hydrogen) atoms. The van der Waals surface area contributed by atoms with E-state index in [2.05, 4.69) is 52.3 Å². The van der Waals surface area contributed by atoms with Crippen molar-refractivity contribution in [3.05, 3.63) is 45.2 Å². The van der Waals surface area contributed by atoms with E-state index < -0.39 is 0 Å². The summed E-state index contributed by atoms with van der Waals surface area (Å²) < 4.78 is 2.41. The van der Waals surface area contributed by atoms with Crippen LogP contribution < -0.4 is 4.90 Å². The maximum atomic E-state index is 4.74. The van der Waals surface area contributed by atoms with Crippen molar-refractivity contribution in [1.29, 1.82) is 0 Å². The van der Waals surface area contributed by atoms with E-state index in [1.54, 1.807) is 11.3 Å². The van der Waals surface area contributed by atoms with Gasteiger partial charge in [-0.15, -0.1) is 22.7 Å². The zero-order valence-electron chi connectivity index (χ0n) is 13.5. The molecule has 3 heterocycles. The van der Waals surface area contributed by atoms with Gasteiger partial charge in [-0.05, 0) is 37.8 Å². The van der Waals surface area contributed by atoms with E-state index in [9.17, 15) is 0 Å².